The summed E-state index contributed by atoms with van der Waals surface area (Å²) in [6, 6.07) is 0. The lowest BCUT2D eigenvalue weighted by molar-refractivity contribution is 0.691. The van der Waals surface area contributed by atoms with Crippen molar-refractivity contribution >= 4 is 14.3 Å². The van der Waals surface area contributed by atoms with Gasteiger partial charge in [0, 0.05) is 7.74 Å². The van der Waals surface area contributed by atoms with Crippen molar-refractivity contribution in [2.75, 3.05) is 0 Å². The highest BCUT2D eigenvalue weighted by Crippen LogP contribution is 2.19. The normalized spacial score (nSPS) is 13.2. The van der Waals surface area contributed by atoms with Gasteiger partial charge in [-0.25, -0.2) is 0 Å². The van der Waals surface area contributed by atoms with E-state index in [1.807, 2.05) is 0 Å². The molecule has 0 aromatic heterocycles. The highest BCUT2D eigenvalue weighted by Gasteiger charge is 2.10. The van der Waals surface area contributed by atoms with Crippen molar-refractivity contribution in [3.05, 3.63) is 0 Å². The maximum atomic E-state index is 5.73. The summed E-state index contributed by atoms with van der Waals surface area (Å²) in [6.45, 7) is 6.91. The van der Waals surface area contributed by atoms with Crippen LogP contribution in [0, 0.1) is 0 Å². The summed E-state index contributed by atoms with van der Waals surface area (Å²) in [5.41, 5.74) is 0. The molecule has 0 aliphatic rings. The molecule has 2 heteroatoms. The van der Waals surface area contributed by atoms with Gasteiger partial charge in [0.1, 0.15) is 0 Å². The molecule has 0 fully saturated rings. The SMILES string of the molecule is [B]B(C)C(CC)CCC. The van der Waals surface area contributed by atoms with Gasteiger partial charge in [0.05, 0.1) is 6.60 Å². The zero-order valence-electron chi connectivity index (χ0n) is 6.85. The Bertz CT molecular complexity index is 61.9. The van der Waals surface area contributed by atoms with Crippen molar-refractivity contribution in [2.45, 2.75) is 45.8 Å². The second kappa shape index (κ2) is 4.96. The molecule has 0 spiro atoms. The summed E-state index contributed by atoms with van der Waals surface area (Å²) in [5, 5.41) is 0. The smallest absolute Gasteiger partial charge is 0.0908 e. The Labute approximate surface area is 60.9 Å². The molecule has 1 unspecified atom stereocenters. The molecule has 0 nitrogen and oxygen atoms in total. The second-order valence-electron chi connectivity index (χ2n) is 2.82. The van der Waals surface area contributed by atoms with Crippen LogP contribution in [0.25, 0.3) is 0 Å². The van der Waals surface area contributed by atoms with Crippen LogP contribution in [-0.2, 0) is 0 Å². The lowest BCUT2D eigenvalue weighted by Gasteiger charge is -2.15. The third-order valence-electron chi connectivity index (χ3n) is 1.93. The molecule has 50 valence electrons. The van der Waals surface area contributed by atoms with Crippen LogP contribution in [0.4, 0.5) is 0 Å². The maximum absolute atomic E-state index is 5.73. The van der Waals surface area contributed by atoms with Crippen LogP contribution < -0.4 is 0 Å². The highest BCUT2D eigenvalue weighted by atomic mass is 14.0. The minimum atomic E-state index is 0.384. The summed E-state index contributed by atoms with van der Waals surface area (Å²) in [5.74, 6) is 0.745. The fourth-order valence-electron chi connectivity index (χ4n) is 1.21. The van der Waals surface area contributed by atoms with Gasteiger partial charge in [-0.15, -0.1) is 0 Å². The van der Waals surface area contributed by atoms with Gasteiger partial charge in [-0.2, -0.15) is 0 Å². The van der Waals surface area contributed by atoms with Crippen LogP contribution in [0.15, 0.2) is 0 Å². The Morgan fingerprint density at radius 3 is 2.11 bits per heavy atom. The van der Waals surface area contributed by atoms with Gasteiger partial charge >= 0.3 is 0 Å². The standard InChI is InChI=1S/C7H16B2/c1-4-6-7(5-2)9(3)8/h7H,4-6H2,1-3H3. The molecular formula is C7H16B2. The largest absolute Gasteiger partial charge is 0.0931 e. The fraction of sp³-hybridized carbons (Fsp3) is 1.00. The predicted octanol–water partition coefficient (Wildman–Crippen LogP) is 2.36. The van der Waals surface area contributed by atoms with E-state index in [2.05, 4.69) is 20.7 Å². The first-order valence-electron chi connectivity index (χ1n) is 3.97. The van der Waals surface area contributed by atoms with Gasteiger partial charge in [-0.3, -0.25) is 0 Å². The summed E-state index contributed by atoms with van der Waals surface area (Å²) in [4.78, 5) is 0. The van der Waals surface area contributed by atoms with Crippen LogP contribution in [0.2, 0.25) is 12.6 Å². The van der Waals surface area contributed by atoms with Crippen molar-refractivity contribution in [1.29, 1.82) is 0 Å². The van der Waals surface area contributed by atoms with E-state index >= 15 is 0 Å². The third kappa shape index (κ3) is 3.66. The predicted molar refractivity (Wildman–Crippen MR) is 46.3 cm³/mol. The first-order chi connectivity index (χ1) is 4.22. The molecule has 9 heavy (non-hydrogen) atoms. The molecule has 0 N–H and O–H groups in total. The van der Waals surface area contributed by atoms with E-state index in [-0.39, 0.29) is 0 Å². The van der Waals surface area contributed by atoms with Gasteiger partial charge in [0.15, 0.2) is 0 Å². The molecule has 0 aliphatic heterocycles. The minimum absolute atomic E-state index is 0.384. The maximum Gasteiger partial charge on any atom is 0.0908 e. The van der Waals surface area contributed by atoms with E-state index in [0.717, 1.165) is 5.82 Å². The lowest BCUT2D eigenvalue weighted by Crippen LogP contribution is -2.15. The van der Waals surface area contributed by atoms with Crippen LogP contribution in [-0.4, -0.2) is 14.3 Å². The molecule has 0 aromatic rings. The van der Waals surface area contributed by atoms with Crippen molar-refractivity contribution in [1.82, 2.24) is 0 Å². The van der Waals surface area contributed by atoms with Gasteiger partial charge in [-0.05, 0) is 0 Å². The van der Waals surface area contributed by atoms with Crippen molar-refractivity contribution < 1.29 is 0 Å². The molecule has 1 atom stereocenters. The van der Waals surface area contributed by atoms with E-state index in [0.29, 0.717) is 6.60 Å². The first-order valence-corrected chi connectivity index (χ1v) is 3.97. The van der Waals surface area contributed by atoms with Gasteiger partial charge in [0.2, 0.25) is 0 Å². The Hall–Kier alpha value is 0.130. The fourth-order valence-corrected chi connectivity index (χ4v) is 1.21. The van der Waals surface area contributed by atoms with Gasteiger partial charge in [-0.1, -0.05) is 45.8 Å². The summed E-state index contributed by atoms with van der Waals surface area (Å²) in [7, 11) is 5.73. The quantitative estimate of drug-likeness (QED) is 0.502. The zero-order chi connectivity index (χ0) is 7.28. The molecule has 0 aromatic carbocycles. The summed E-state index contributed by atoms with van der Waals surface area (Å²) in [6.07, 6.45) is 3.78. The molecule has 0 aliphatic carbocycles. The van der Waals surface area contributed by atoms with Crippen LogP contribution in [0.5, 0.6) is 0 Å². The molecule has 0 saturated carbocycles. The number of hydrogen-bond donors (Lipinski definition) is 0. The third-order valence-corrected chi connectivity index (χ3v) is 1.93. The van der Waals surface area contributed by atoms with Gasteiger partial charge in [0.25, 0.3) is 0 Å². The Balaban J connectivity index is 3.41. The van der Waals surface area contributed by atoms with Crippen molar-refractivity contribution in [3.8, 4) is 0 Å². The topological polar surface area (TPSA) is 0 Å². The van der Waals surface area contributed by atoms with Crippen LogP contribution in [0.1, 0.15) is 33.1 Å². The minimum Gasteiger partial charge on any atom is -0.0931 e. The molecule has 0 heterocycles. The van der Waals surface area contributed by atoms with Crippen LogP contribution in [0.3, 0.4) is 0 Å². The molecule has 0 bridgehead atoms. The first kappa shape index (κ1) is 9.13. The van der Waals surface area contributed by atoms with E-state index in [1.54, 1.807) is 0 Å². The highest BCUT2D eigenvalue weighted by molar-refractivity contribution is 7.03. The van der Waals surface area contributed by atoms with E-state index in [9.17, 15) is 0 Å². The molecule has 2 radical (unpaired) electrons. The van der Waals surface area contributed by atoms with E-state index < -0.39 is 0 Å². The average molecular weight is 122 g/mol. The van der Waals surface area contributed by atoms with Crippen LogP contribution >= 0.6 is 0 Å². The Kier molecular flexibility index (Phi) is 5.03. The van der Waals surface area contributed by atoms with Crippen molar-refractivity contribution in [3.63, 3.8) is 0 Å². The summed E-state index contributed by atoms with van der Waals surface area (Å²) >= 11 is 0. The average Bonchev–Trinajstić information content (AvgIpc) is 1.82. The molecule has 0 rings (SSSR count). The molecule has 0 amide bonds. The lowest BCUT2D eigenvalue weighted by atomic mass is 9.27. The monoisotopic (exact) mass is 122 g/mol. The van der Waals surface area contributed by atoms with E-state index in [4.69, 9.17) is 7.74 Å². The number of rotatable bonds is 4. The number of hydrogen-bond acceptors (Lipinski definition) is 0. The second-order valence-corrected chi connectivity index (χ2v) is 2.82. The van der Waals surface area contributed by atoms with Crippen molar-refractivity contribution in [2.24, 2.45) is 0 Å². The zero-order valence-corrected chi connectivity index (χ0v) is 6.85. The summed E-state index contributed by atoms with van der Waals surface area (Å²) < 4.78 is 0. The van der Waals surface area contributed by atoms with Gasteiger partial charge < -0.3 is 0 Å². The Morgan fingerprint density at radius 2 is 2.00 bits per heavy atom. The molecule has 0 saturated heterocycles. The van der Waals surface area contributed by atoms with E-state index in [1.165, 1.54) is 19.3 Å². The Morgan fingerprint density at radius 1 is 1.44 bits per heavy atom. The molecular weight excluding hydrogens is 106 g/mol.